The van der Waals surface area contributed by atoms with Gasteiger partial charge < -0.3 is 44.8 Å². The maximum Gasteiger partial charge on any atom is 0.260 e. The van der Waals surface area contributed by atoms with Crippen LogP contribution in [0.3, 0.4) is 0 Å². The molecule has 1 aromatic rings. The second-order valence-corrected chi connectivity index (χ2v) is 5.93. The minimum absolute atomic E-state index is 0.0769. The van der Waals surface area contributed by atoms with E-state index < -0.39 is 42.6 Å². The molecule has 1 aliphatic heterocycles. The summed E-state index contributed by atoms with van der Waals surface area (Å²) in [7, 11) is 2.65. The van der Waals surface area contributed by atoms with Gasteiger partial charge in [-0.1, -0.05) is 6.08 Å². The standard InChI is InChI=1S/C17H22O10/c1-25-9-5-8(6-10(26-2)13(9)20)3-4-12(19)17(24)16(23)15(22)14(21)11(7-18)27-17/h3-6,11,14-16,18,20-24H,7H2,1-2H3/t11-,14-,15+,16-,17?/m1/s1. The number of rotatable bonds is 6. The number of hydrogen-bond donors (Lipinski definition) is 6. The molecule has 0 saturated carbocycles. The van der Waals surface area contributed by atoms with E-state index in [2.05, 4.69) is 0 Å². The molecule has 150 valence electrons. The van der Waals surface area contributed by atoms with Crippen LogP contribution >= 0.6 is 0 Å². The summed E-state index contributed by atoms with van der Waals surface area (Å²) in [5, 5.41) is 58.8. The van der Waals surface area contributed by atoms with E-state index in [-0.39, 0.29) is 17.2 Å². The zero-order valence-electron chi connectivity index (χ0n) is 14.6. The van der Waals surface area contributed by atoms with Gasteiger partial charge in [-0.25, -0.2) is 0 Å². The zero-order chi connectivity index (χ0) is 20.4. The number of aromatic hydroxyl groups is 1. The van der Waals surface area contributed by atoms with Gasteiger partial charge in [-0.05, 0) is 23.8 Å². The van der Waals surface area contributed by atoms with E-state index in [4.69, 9.17) is 19.3 Å². The third-order valence-electron chi connectivity index (χ3n) is 4.25. The van der Waals surface area contributed by atoms with E-state index in [0.29, 0.717) is 5.56 Å². The number of carbonyl (C=O) groups is 1. The molecule has 0 bridgehead atoms. The monoisotopic (exact) mass is 386 g/mol. The number of aliphatic hydroxyl groups excluding tert-OH is 4. The Balaban J connectivity index is 2.30. The molecule has 0 spiro atoms. The minimum Gasteiger partial charge on any atom is -0.502 e. The first-order valence-electron chi connectivity index (χ1n) is 7.92. The van der Waals surface area contributed by atoms with Gasteiger partial charge >= 0.3 is 0 Å². The first kappa shape index (κ1) is 21.1. The van der Waals surface area contributed by atoms with E-state index in [1.165, 1.54) is 32.4 Å². The van der Waals surface area contributed by atoms with Crippen molar-refractivity contribution in [3.05, 3.63) is 23.8 Å². The van der Waals surface area contributed by atoms with Gasteiger partial charge in [0, 0.05) is 0 Å². The van der Waals surface area contributed by atoms with Crippen molar-refractivity contribution in [2.45, 2.75) is 30.2 Å². The Morgan fingerprint density at radius 3 is 2.22 bits per heavy atom. The van der Waals surface area contributed by atoms with Gasteiger partial charge in [0.05, 0.1) is 20.8 Å². The first-order chi connectivity index (χ1) is 12.7. The van der Waals surface area contributed by atoms with Crippen LogP contribution in [-0.2, 0) is 9.53 Å². The van der Waals surface area contributed by atoms with Crippen LogP contribution < -0.4 is 9.47 Å². The van der Waals surface area contributed by atoms with E-state index in [1.54, 1.807) is 0 Å². The lowest BCUT2D eigenvalue weighted by atomic mass is 9.90. The second kappa shape index (κ2) is 8.21. The molecule has 27 heavy (non-hydrogen) atoms. The van der Waals surface area contributed by atoms with Crippen molar-refractivity contribution < 1.29 is 49.6 Å². The highest BCUT2D eigenvalue weighted by atomic mass is 16.7. The molecule has 1 fully saturated rings. The van der Waals surface area contributed by atoms with Crippen molar-refractivity contribution in [1.82, 2.24) is 0 Å². The molecule has 1 saturated heterocycles. The summed E-state index contributed by atoms with van der Waals surface area (Å²) in [6.07, 6.45) is -5.12. The summed E-state index contributed by atoms with van der Waals surface area (Å²) < 4.78 is 14.9. The van der Waals surface area contributed by atoms with Crippen LogP contribution in [0.1, 0.15) is 5.56 Å². The Morgan fingerprint density at radius 1 is 1.19 bits per heavy atom. The molecule has 1 aliphatic rings. The van der Waals surface area contributed by atoms with Crippen molar-refractivity contribution in [1.29, 1.82) is 0 Å². The minimum atomic E-state index is -2.87. The fraction of sp³-hybridized carbons (Fsp3) is 0.471. The number of hydrogen-bond acceptors (Lipinski definition) is 10. The Labute approximate surface area is 154 Å². The van der Waals surface area contributed by atoms with Crippen molar-refractivity contribution >= 4 is 11.9 Å². The first-order valence-corrected chi connectivity index (χ1v) is 7.92. The van der Waals surface area contributed by atoms with Crippen molar-refractivity contribution in [3.8, 4) is 17.2 Å². The highest BCUT2D eigenvalue weighted by Crippen LogP contribution is 2.37. The quantitative estimate of drug-likeness (QED) is 0.306. The van der Waals surface area contributed by atoms with Gasteiger partial charge in [-0.15, -0.1) is 0 Å². The Hall–Kier alpha value is -2.21. The number of phenols is 1. The van der Waals surface area contributed by atoms with E-state index >= 15 is 0 Å². The molecule has 1 heterocycles. The molecule has 0 aliphatic carbocycles. The third-order valence-corrected chi connectivity index (χ3v) is 4.25. The molecule has 6 N–H and O–H groups in total. The van der Waals surface area contributed by atoms with Crippen LogP contribution in [0.2, 0.25) is 0 Å². The summed E-state index contributed by atoms with van der Waals surface area (Å²) in [4.78, 5) is 12.4. The highest BCUT2D eigenvalue weighted by molar-refractivity contribution is 5.99. The topological polar surface area (TPSA) is 166 Å². The number of carbonyl (C=O) groups excluding carboxylic acids is 1. The average molecular weight is 386 g/mol. The fourth-order valence-corrected chi connectivity index (χ4v) is 2.66. The smallest absolute Gasteiger partial charge is 0.260 e. The molecule has 5 atom stereocenters. The molecular weight excluding hydrogens is 364 g/mol. The van der Waals surface area contributed by atoms with E-state index in [9.17, 15) is 30.3 Å². The van der Waals surface area contributed by atoms with Gasteiger partial charge in [0.2, 0.25) is 11.5 Å². The normalized spacial score (nSPS) is 31.1. The molecule has 0 aromatic heterocycles. The summed E-state index contributed by atoms with van der Waals surface area (Å²) >= 11 is 0. The van der Waals surface area contributed by atoms with Gasteiger partial charge in [0.15, 0.2) is 11.5 Å². The van der Waals surface area contributed by atoms with Crippen molar-refractivity contribution in [3.63, 3.8) is 0 Å². The molecule has 0 amide bonds. The summed E-state index contributed by atoms with van der Waals surface area (Å²) in [6.45, 7) is -0.795. The Bertz CT molecular complexity index is 691. The summed E-state index contributed by atoms with van der Waals surface area (Å²) in [6, 6.07) is 2.78. The van der Waals surface area contributed by atoms with Crippen LogP contribution in [0.4, 0.5) is 0 Å². The van der Waals surface area contributed by atoms with Crippen LogP contribution in [0, 0.1) is 0 Å². The number of benzene rings is 1. The second-order valence-electron chi connectivity index (χ2n) is 5.93. The van der Waals surface area contributed by atoms with Gasteiger partial charge in [0.1, 0.15) is 24.4 Å². The van der Waals surface area contributed by atoms with Gasteiger partial charge in [-0.3, -0.25) is 4.79 Å². The lowest BCUT2D eigenvalue weighted by Crippen LogP contribution is -2.67. The Morgan fingerprint density at radius 2 is 1.74 bits per heavy atom. The van der Waals surface area contributed by atoms with Crippen LogP contribution in [0.25, 0.3) is 6.08 Å². The molecule has 10 nitrogen and oxygen atoms in total. The van der Waals surface area contributed by atoms with Crippen LogP contribution in [-0.4, -0.2) is 87.5 Å². The lowest BCUT2D eigenvalue weighted by Gasteiger charge is -2.43. The molecule has 1 aromatic carbocycles. The zero-order valence-corrected chi connectivity index (χ0v) is 14.6. The van der Waals surface area contributed by atoms with Gasteiger partial charge in [0.25, 0.3) is 5.79 Å². The van der Waals surface area contributed by atoms with Crippen LogP contribution in [0.15, 0.2) is 18.2 Å². The van der Waals surface area contributed by atoms with Crippen molar-refractivity contribution in [2.24, 2.45) is 0 Å². The van der Waals surface area contributed by atoms with E-state index in [1.807, 2.05) is 0 Å². The van der Waals surface area contributed by atoms with Crippen LogP contribution in [0.5, 0.6) is 17.2 Å². The SMILES string of the molecule is COc1cc(C=CC(=O)C2(O)O[C@H](CO)[C@@H](O)[C@H](O)[C@H]2O)cc(OC)c1O. The number of aliphatic hydroxyl groups is 5. The predicted molar refractivity (Wildman–Crippen MR) is 90.2 cm³/mol. The highest BCUT2D eigenvalue weighted by Gasteiger charge is 2.56. The summed E-state index contributed by atoms with van der Waals surface area (Å²) in [5.41, 5.74) is 0.350. The molecule has 10 heteroatoms. The maximum atomic E-state index is 12.4. The van der Waals surface area contributed by atoms with E-state index in [0.717, 1.165) is 6.08 Å². The maximum absolute atomic E-state index is 12.4. The lowest BCUT2D eigenvalue weighted by molar-refractivity contribution is -0.329. The number of ether oxygens (including phenoxy) is 3. The largest absolute Gasteiger partial charge is 0.502 e. The third kappa shape index (κ3) is 3.90. The number of methoxy groups -OCH3 is 2. The van der Waals surface area contributed by atoms with Crippen molar-refractivity contribution in [2.75, 3.05) is 20.8 Å². The number of phenolic OH excluding ortho intramolecular Hbond substituents is 1. The molecule has 0 radical (unpaired) electrons. The molecule has 2 rings (SSSR count). The fourth-order valence-electron chi connectivity index (χ4n) is 2.66. The number of ketones is 1. The molecular formula is C17H22O10. The Kier molecular flexibility index (Phi) is 6.42. The predicted octanol–water partition coefficient (Wildman–Crippen LogP) is -1.85. The average Bonchev–Trinajstić information content (AvgIpc) is 2.67. The van der Waals surface area contributed by atoms with Gasteiger partial charge in [-0.2, -0.15) is 0 Å². The summed E-state index contributed by atoms with van der Waals surface area (Å²) in [5.74, 6) is -4.09. The molecule has 1 unspecified atom stereocenters.